The van der Waals surface area contributed by atoms with Gasteiger partial charge in [-0.3, -0.25) is 9.97 Å². The van der Waals surface area contributed by atoms with Gasteiger partial charge in [0.2, 0.25) is 0 Å². The molecule has 7 heteroatoms. The summed E-state index contributed by atoms with van der Waals surface area (Å²) in [6, 6.07) is 5.92. The van der Waals surface area contributed by atoms with Crippen LogP contribution in [0.3, 0.4) is 0 Å². The molecule has 1 heterocycles. The largest absolute Gasteiger partial charge is 0.435 e. The standard InChI is InChI=1S/C15H17F2N3O2/c1-10(13-8-18-5-6-19-13)20-9-14(21)11-3-2-4-12(7-11)22-15(16)17/h2-8,10,14-15,20-21H,9H2,1H3. The van der Waals surface area contributed by atoms with Crippen LogP contribution in [0.5, 0.6) is 5.75 Å². The number of alkyl halides is 2. The van der Waals surface area contributed by atoms with E-state index < -0.39 is 12.7 Å². The fourth-order valence-corrected chi connectivity index (χ4v) is 1.94. The number of hydrogen-bond acceptors (Lipinski definition) is 5. The summed E-state index contributed by atoms with van der Waals surface area (Å²) in [4.78, 5) is 8.14. The highest BCUT2D eigenvalue weighted by Gasteiger charge is 2.13. The number of aliphatic hydroxyl groups excluding tert-OH is 1. The van der Waals surface area contributed by atoms with Crippen LogP contribution in [0, 0.1) is 0 Å². The van der Waals surface area contributed by atoms with Gasteiger partial charge in [-0.1, -0.05) is 12.1 Å². The summed E-state index contributed by atoms with van der Waals surface area (Å²) in [5.74, 6) is 0.0218. The molecule has 0 spiro atoms. The van der Waals surface area contributed by atoms with Gasteiger partial charge in [-0.15, -0.1) is 0 Å². The molecule has 2 aromatic rings. The molecule has 5 nitrogen and oxygen atoms in total. The number of halogens is 2. The number of hydrogen-bond donors (Lipinski definition) is 2. The van der Waals surface area contributed by atoms with E-state index in [1.807, 2.05) is 6.92 Å². The Bertz CT molecular complexity index is 584. The molecule has 118 valence electrons. The molecular formula is C15H17F2N3O2. The van der Waals surface area contributed by atoms with Crippen molar-refractivity contribution in [3.8, 4) is 5.75 Å². The van der Waals surface area contributed by atoms with Gasteiger partial charge in [0.25, 0.3) is 0 Å². The number of aliphatic hydroxyl groups is 1. The minimum absolute atomic E-state index is 0.0218. The first kappa shape index (κ1) is 16.3. The fourth-order valence-electron chi connectivity index (χ4n) is 1.94. The fraction of sp³-hybridized carbons (Fsp3) is 0.333. The lowest BCUT2D eigenvalue weighted by Crippen LogP contribution is -2.25. The maximum atomic E-state index is 12.2. The van der Waals surface area contributed by atoms with Crippen molar-refractivity contribution in [3.63, 3.8) is 0 Å². The van der Waals surface area contributed by atoms with Gasteiger partial charge in [0, 0.05) is 31.2 Å². The molecule has 0 bridgehead atoms. The van der Waals surface area contributed by atoms with Gasteiger partial charge < -0.3 is 15.2 Å². The Labute approximate surface area is 127 Å². The second kappa shape index (κ2) is 7.77. The first-order valence-corrected chi connectivity index (χ1v) is 6.78. The van der Waals surface area contributed by atoms with Crippen LogP contribution in [-0.4, -0.2) is 28.2 Å². The van der Waals surface area contributed by atoms with E-state index in [0.29, 0.717) is 5.56 Å². The lowest BCUT2D eigenvalue weighted by molar-refractivity contribution is -0.0499. The van der Waals surface area contributed by atoms with Crippen LogP contribution in [0.25, 0.3) is 0 Å². The smallest absolute Gasteiger partial charge is 0.387 e. The van der Waals surface area contributed by atoms with Crippen LogP contribution in [-0.2, 0) is 0 Å². The monoisotopic (exact) mass is 309 g/mol. The Hall–Kier alpha value is -2.12. The summed E-state index contributed by atoms with van der Waals surface area (Å²) in [5.41, 5.74) is 1.25. The van der Waals surface area contributed by atoms with E-state index in [0.717, 1.165) is 5.69 Å². The predicted octanol–water partition coefficient (Wildman–Crippen LogP) is 2.46. The minimum Gasteiger partial charge on any atom is -0.435 e. The topological polar surface area (TPSA) is 67.3 Å². The summed E-state index contributed by atoms with van der Waals surface area (Å²) in [6.45, 7) is -0.745. The van der Waals surface area contributed by atoms with Crippen LogP contribution in [0.4, 0.5) is 8.78 Å². The highest BCUT2D eigenvalue weighted by molar-refractivity contribution is 5.30. The van der Waals surface area contributed by atoms with Gasteiger partial charge in [-0.2, -0.15) is 8.78 Å². The Morgan fingerprint density at radius 2 is 2.14 bits per heavy atom. The number of nitrogens with one attached hydrogen (secondary N) is 1. The van der Waals surface area contributed by atoms with Crippen LogP contribution < -0.4 is 10.1 Å². The van der Waals surface area contributed by atoms with Crippen LogP contribution in [0.1, 0.15) is 30.3 Å². The molecule has 2 N–H and O–H groups in total. The van der Waals surface area contributed by atoms with E-state index in [9.17, 15) is 13.9 Å². The summed E-state index contributed by atoms with van der Waals surface area (Å²) >= 11 is 0. The van der Waals surface area contributed by atoms with Crippen LogP contribution >= 0.6 is 0 Å². The normalized spacial score (nSPS) is 13.9. The van der Waals surface area contributed by atoms with Crippen molar-refractivity contribution in [1.82, 2.24) is 15.3 Å². The number of ether oxygens (including phenoxy) is 1. The molecular weight excluding hydrogens is 292 g/mol. The van der Waals surface area contributed by atoms with Gasteiger partial charge >= 0.3 is 6.61 Å². The molecule has 0 aliphatic heterocycles. The zero-order chi connectivity index (χ0) is 15.9. The Kier molecular flexibility index (Phi) is 5.74. The summed E-state index contributed by atoms with van der Waals surface area (Å²) in [7, 11) is 0. The first-order chi connectivity index (χ1) is 10.6. The highest BCUT2D eigenvalue weighted by Crippen LogP contribution is 2.21. The molecule has 0 aliphatic carbocycles. The van der Waals surface area contributed by atoms with Gasteiger partial charge in [0.1, 0.15) is 5.75 Å². The number of benzene rings is 1. The van der Waals surface area contributed by atoms with Crippen molar-refractivity contribution in [1.29, 1.82) is 0 Å². The molecule has 22 heavy (non-hydrogen) atoms. The molecule has 2 atom stereocenters. The molecule has 0 fully saturated rings. The lowest BCUT2D eigenvalue weighted by atomic mass is 10.1. The minimum atomic E-state index is -2.89. The third kappa shape index (κ3) is 4.71. The Morgan fingerprint density at radius 3 is 2.82 bits per heavy atom. The summed E-state index contributed by atoms with van der Waals surface area (Å²) < 4.78 is 28.7. The molecule has 0 radical (unpaired) electrons. The van der Waals surface area contributed by atoms with Gasteiger partial charge in [0.05, 0.1) is 11.8 Å². The molecule has 0 aliphatic rings. The number of rotatable bonds is 7. The molecule has 0 amide bonds. The van der Waals surface area contributed by atoms with Crippen molar-refractivity contribution in [3.05, 3.63) is 54.1 Å². The summed E-state index contributed by atoms with van der Waals surface area (Å²) in [6.07, 6.45) is 3.97. The molecule has 2 unspecified atom stereocenters. The third-order valence-electron chi connectivity index (χ3n) is 3.11. The quantitative estimate of drug-likeness (QED) is 0.822. The van der Waals surface area contributed by atoms with Gasteiger partial charge in [0.15, 0.2) is 0 Å². The molecule has 1 aromatic heterocycles. The van der Waals surface area contributed by atoms with E-state index in [2.05, 4.69) is 20.0 Å². The van der Waals surface area contributed by atoms with E-state index in [-0.39, 0.29) is 18.3 Å². The average molecular weight is 309 g/mol. The highest BCUT2D eigenvalue weighted by atomic mass is 19.3. The molecule has 2 rings (SSSR count). The zero-order valence-electron chi connectivity index (χ0n) is 12.0. The van der Waals surface area contributed by atoms with Crippen molar-refractivity contribution in [2.45, 2.75) is 25.7 Å². The second-order valence-corrected chi connectivity index (χ2v) is 4.73. The lowest BCUT2D eigenvalue weighted by Gasteiger charge is -2.17. The van der Waals surface area contributed by atoms with Crippen LogP contribution in [0.15, 0.2) is 42.9 Å². The van der Waals surface area contributed by atoms with Crippen molar-refractivity contribution < 1.29 is 18.6 Å². The average Bonchev–Trinajstić information content (AvgIpc) is 2.52. The predicted molar refractivity (Wildman–Crippen MR) is 76.5 cm³/mol. The third-order valence-corrected chi connectivity index (χ3v) is 3.11. The van der Waals surface area contributed by atoms with Gasteiger partial charge in [-0.05, 0) is 24.6 Å². The van der Waals surface area contributed by atoms with Crippen molar-refractivity contribution in [2.75, 3.05) is 6.54 Å². The van der Waals surface area contributed by atoms with E-state index in [1.54, 1.807) is 30.7 Å². The number of nitrogens with zero attached hydrogens (tertiary/aromatic N) is 2. The van der Waals surface area contributed by atoms with Crippen molar-refractivity contribution in [2.24, 2.45) is 0 Å². The van der Waals surface area contributed by atoms with Gasteiger partial charge in [-0.25, -0.2) is 0 Å². The Balaban J connectivity index is 1.93. The maximum Gasteiger partial charge on any atom is 0.387 e. The molecule has 0 saturated heterocycles. The number of aromatic nitrogens is 2. The summed E-state index contributed by atoms with van der Waals surface area (Å²) in [5, 5.41) is 13.2. The van der Waals surface area contributed by atoms with E-state index in [1.165, 1.54) is 12.1 Å². The second-order valence-electron chi connectivity index (χ2n) is 4.73. The van der Waals surface area contributed by atoms with E-state index >= 15 is 0 Å². The Morgan fingerprint density at radius 1 is 1.32 bits per heavy atom. The SMILES string of the molecule is CC(NCC(O)c1cccc(OC(F)F)c1)c1cnccn1. The first-order valence-electron chi connectivity index (χ1n) is 6.78. The molecule has 0 saturated carbocycles. The molecule has 1 aromatic carbocycles. The zero-order valence-corrected chi connectivity index (χ0v) is 12.0. The van der Waals surface area contributed by atoms with Crippen molar-refractivity contribution >= 4 is 0 Å². The maximum absolute atomic E-state index is 12.2. The van der Waals surface area contributed by atoms with E-state index in [4.69, 9.17) is 0 Å². The van der Waals surface area contributed by atoms with Crippen LogP contribution in [0.2, 0.25) is 0 Å².